The van der Waals surface area contributed by atoms with Crippen LogP contribution in [0.1, 0.15) is 92.4 Å². The minimum atomic E-state index is 0.600. The second-order valence-corrected chi connectivity index (χ2v) is 5.86. The molecule has 0 N–H and O–H groups in total. The monoisotopic (exact) mass is 226 g/mol. The molecule has 0 nitrogen and oxygen atoms in total. The Kier molecular flexibility index (Phi) is 9.07. The summed E-state index contributed by atoms with van der Waals surface area (Å²) in [4.78, 5) is 0. The normalized spacial score (nSPS) is 17.1. The van der Waals surface area contributed by atoms with Gasteiger partial charge in [-0.25, -0.2) is 0 Å². The number of rotatable bonds is 10. The first kappa shape index (κ1) is 16.0. The van der Waals surface area contributed by atoms with Gasteiger partial charge >= 0.3 is 0 Å². The lowest BCUT2D eigenvalue weighted by molar-refractivity contribution is 0.157. The molecule has 0 saturated heterocycles. The van der Waals surface area contributed by atoms with Crippen LogP contribution in [-0.2, 0) is 0 Å². The van der Waals surface area contributed by atoms with Gasteiger partial charge < -0.3 is 0 Å². The molecular weight excluding hydrogens is 192 g/mol. The van der Waals surface area contributed by atoms with Crippen LogP contribution in [0.5, 0.6) is 0 Å². The second kappa shape index (κ2) is 9.07. The van der Waals surface area contributed by atoms with Gasteiger partial charge in [-0.05, 0) is 17.8 Å². The molecule has 0 rings (SSSR count). The van der Waals surface area contributed by atoms with Crippen molar-refractivity contribution in [1.82, 2.24) is 0 Å². The molecule has 0 heteroatoms. The molecule has 98 valence electrons. The molecule has 2 unspecified atom stereocenters. The van der Waals surface area contributed by atoms with Crippen LogP contribution in [0, 0.1) is 11.3 Å². The van der Waals surface area contributed by atoms with Crippen molar-refractivity contribution < 1.29 is 0 Å². The zero-order valence-corrected chi connectivity index (χ0v) is 12.4. The third kappa shape index (κ3) is 5.92. The van der Waals surface area contributed by atoms with E-state index >= 15 is 0 Å². The quantitative estimate of drug-likeness (QED) is 0.389. The fourth-order valence-corrected chi connectivity index (χ4v) is 2.60. The highest BCUT2D eigenvalue weighted by molar-refractivity contribution is 4.78. The van der Waals surface area contributed by atoms with E-state index in [0.717, 1.165) is 5.92 Å². The van der Waals surface area contributed by atoms with E-state index in [4.69, 9.17) is 0 Å². The lowest BCUT2D eigenvalue weighted by atomic mass is 9.70. The molecule has 0 saturated carbocycles. The maximum Gasteiger partial charge on any atom is -0.0303 e. The summed E-state index contributed by atoms with van der Waals surface area (Å²) < 4.78 is 0. The first-order valence-electron chi connectivity index (χ1n) is 7.60. The van der Waals surface area contributed by atoms with E-state index < -0.39 is 0 Å². The van der Waals surface area contributed by atoms with Gasteiger partial charge in [-0.1, -0.05) is 86.0 Å². The predicted molar refractivity (Wildman–Crippen MR) is 75.8 cm³/mol. The van der Waals surface area contributed by atoms with Crippen LogP contribution in [0.2, 0.25) is 0 Å². The number of hydrogen-bond donors (Lipinski definition) is 0. The smallest absolute Gasteiger partial charge is 0.0303 e. The van der Waals surface area contributed by atoms with Crippen molar-refractivity contribution in [3.8, 4) is 0 Å². The Balaban J connectivity index is 3.99. The van der Waals surface area contributed by atoms with E-state index in [-0.39, 0.29) is 0 Å². The minimum absolute atomic E-state index is 0.600. The lowest BCUT2D eigenvalue weighted by Crippen LogP contribution is -2.24. The molecule has 0 aromatic rings. The third-order valence-corrected chi connectivity index (χ3v) is 4.59. The van der Waals surface area contributed by atoms with Gasteiger partial charge in [0.1, 0.15) is 0 Å². The van der Waals surface area contributed by atoms with Crippen LogP contribution >= 0.6 is 0 Å². The highest BCUT2D eigenvalue weighted by Crippen LogP contribution is 2.39. The van der Waals surface area contributed by atoms with E-state index in [2.05, 4.69) is 34.6 Å². The third-order valence-electron chi connectivity index (χ3n) is 4.59. The molecular formula is C16H34. The van der Waals surface area contributed by atoms with Gasteiger partial charge in [0.05, 0.1) is 0 Å². The van der Waals surface area contributed by atoms with Crippen molar-refractivity contribution in [2.75, 3.05) is 0 Å². The van der Waals surface area contributed by atoms with Gasteiger partial charge in [0, 0.05) is 0 Å². The van der Waals surface area contributed by atoms with Crippen molar-refractivity contribution >= 4 is 0 Å². The Morgan fingerprint density at radius 2 is 1.44 bits per heavy atom. The van der Waals surface area contributed by atoms with Crippen LogP contribution < -0.4 is 0 Å². The summed E-state index contributed by atoms with van der Waals surface area (Å²) in [7, 11) is 0. The lowest BCUT2D eigenvalue weighted by Gasteiger charge is -2.35. The highest BCUT2D eigenvalue weighted by Gasteiger charge is 2.27. The molecule has 0 aliphatic rings. The number of hydrogen-bond acceptors (Lipinski definition) is 0. The largest absolute Gasteiger partial charge is 0.0654 e. The number of unbranched alkanes of at least 4 members (excludes halogenated alkanes) is 4. The van der Waals surface area contributed by atoms with Crippen molar-refractivity contribution in [1.29, 1.82) is 0 Å². The van der Waals surface area contributed by atoms with E-state index in [1.807, 2.05) is 0 Å². The summed E-state index contributed by atoms with van der Waals surface area (Å²) >= 11 is 0. The van der Waals surface area contributed by atoms with E-state index in [1.54, 1.807) is 0 Å². The van der Waals surface area contributed by atoms with Crippen LogP contribution in [0.3, 0.4) is 0 Å². The Bertz CT molecular complexity index is 150. The average Bonchev–Trinajstić information content (AvgIpc) is 2.29. The van der Waals surface area contributed by atoms with Crippen molar-refractivity contribution in [3.63, 3.8) is 0 Å². The Morgan fingerprint density at radius 3 is 1.94 bits per heavy atom. The maximum atomic E-state index is 2.51. The van der Waals surface area contributed by atoms with Crippen molar-refractivity contribution in [2.45, 2.75) is 92.4 Å². The van der Waals surface area contributed by atoms with Crippen LogP contribution in [0.25, 0.3) is 0 Å². The molecule has 0 aromatic heterocycles. The van der Waals surface area contributed by atoms with Gasteiger partial charge in [0.2, 0.25) is 0 Å². The topological polar surface area (TPSA) is 0 Å². The second-order valence-electron chi connectivity index (χ2n) is 5.86. The van der Waals surface area contributed by atoms with Gasteiger partial charge in [-0.2, -0.15) is 0 Å². The molecule has 0 spiro atoms. The van der Waals surface area contributed by atoms with Gasteiger partial charge in [0.25, 0.3) is 0 Å². The van der Waals surface area contributed by atoms with Crippen LogP contribution in [0.15, 0.2) is 0 Å². The molecule has 0 heterocycles. The summed E-state index contributed by atoms with van der Waals surface area (Å²) in [6.45, 7) is 12.0. The molecule has 0 bridgehead atoms. The molecule has 0 aliphatic carbocycles. The summed E-state index contributed by atoms with van der Waals surface area (Å²) in [5, 5.41) is 0. The molecule has 0 radical (unpaired) electrons. The van der Waals surface area contributed by atoms with Crippen molar-refractivity contribution in [3.05, 3.63) is 0 Å². The first-order valence-corrected chi connectivity index (χ1v) is 7.60. The standard InChI is InChI=1S/C16H34/c1-6-9-11-13-15(4)16(5,8-3)14-12-10-7-2/h15H,6-14H2,1-5H3. The fraction of sp³-hybridized carbons (Fsp3) is 1.00. The molecule has 0 aromatic carbocycles. The summed E-state index contributed by atoms with van der Waals surface area (Å²) in [5.74, 6) is 0.904. The Labute approximate surface area is 104 Å². The molecule has 2 atom stereocenters. The minimum Gasteiger partial charge on any atom is -0.0654 e. The van der Waals surface area contributed by atoms with Crippen molar-refractivity contribution in [2.24, 2.45) is 11.3 Å². The first-order chi connectivity index (χ1) is 7.60. The summed E-state index contributed by atoms with van der Waals surface area (Å²) in [6.07, 6.45) is 12.6. The van der Waals surface area contributed by atoms with Crippen LogP contribution in [-0.4, -0.2) is 0 Å². The van der Waals surface area contributed by atoms with E-state index in [9.17, 15) is 0 Å². The Morgan fingerprint density at radius 1 is 0.875 bits per heavy atom. The predicted octanol–water partition coefficient (Wildman–Crippen LogP) is 6.20. The molecule has 0 amide bonds. The molecule has 0 fully saturated rings. The van der Waals surface area contributed by atoms with Crippen LogP contribution in [0.4, 0.5) is 0 Å². The average molecular weight is 226 g/mol. The SMILES string of the molecule is CCCCCC(C)C(C)(CC)CCCCC. The van der Waals surface area contributed by atoms with Gasteiger partial charge in [-0.3, -0.25) is 0 Å². The summed E-state index contributed by atoms with van der Waals surface area (Å²) in [5.41, 5.74) is 0.600. The fourth-order valence-electron chi connectivity index (χ4n) is 2.60. The van der Waals surface area contributed by atoms with Gasteiger partial charge in [-0.15, -0.1) is 0 Å². The van der Waals surface area contributed by atoms with Gasteiger partial charge in [0.15, 0.2) is 0 Å². The zero-order valence-electron chi connectivity index (χ0n) is 12.4. The maximum absolute atomic E-state index is 2.51. The summed E-state index contributed by atoms with van der Waals surface area (Å²) in [6, 6.07) is 0. The van der Waals surface area contributed by atoms with E-state index in [0.29, 0.717) is 5.41 Å². The highest BCUT2D eigenvalue weighted by atomic mass is 14.3. The van der Waals surface area contributed by atoms with E-state index in [1.165, 1.54) is 57.8 Å². The zero-order chi connectivity index (χ0) is 12.4. The molecule has 16 heavy (non-hydrogen) atoms. The molecule has 0 aliphatic heterocycles. The Hall–Kier alpha value is 0.